The fraction of sp³-hybridized carbons (Fsp3) is 0.308. The zero-order chi connectivity index (χ0) is 19.9. The van der Waals surface area contributed by atoms with Gasteiger partial charge < -0.3 is 27.9 Å². The third kappa shape index (κ3) is 3.05. The van der Waals surface area contributed by atoms with Crippen LogP contribution >= 0.6 is 0 Å². The monoisotopic (exact) mass is 400 g/mol. The second-order valence-electron chi connectivity index (χ2n) is 4.57. The number of aromatic hydroxyl groups is 1. The Hall–Kier alpha value is -2.83. The average Bonchev–Trinajstić information content (AvgIpc) is 2.53. The molecule has 144 valence electrons. The van der Waals surface area contributed by atoms with E-state index in [1.54, 1.807) is 0 Å². The minimum atomic E-state index is -6.12. The number of ether oxygens (including phenoxy) is 3. The van der Waals surface area contributed by atoms with Gasteiger partial charge in [-0.15, -0.1) is 0 Å². The number of benzene rings is 1. The van der Waals surface area contributed by atoms with Gasteiger partial charge in [0, 0.05) is 6.07 Å². The van der Waals surface area contributed by atoms with Gasteiger partial charge in [-0.3, -0.25) is 0 Å². The second-order valence-corrected chi connectivity index (χ2v) is 6.11. The van der Waals surface area contributed by atoms with Crippen LogP contribution in [0.3, 0.4) is 0 Å². The molecule has 0 amide bonds. The van der Waals surface area contributed by atoms with E-state index in [-0.39, 0.29) is 16.7 Å². The van der Waals surface area contributed by atoms with Crippen molar-refractivity contribution in [2.24, 2.45) is 0 Å². The molecule has 9 nitrogen and oxygen atoms in total. The third-order valence-electron chi connectivity index (χ3n) is 3.09. The molecule has 26 heavy (non-hydrogen) atoms. The molecule has 0 aliphatic heterocycles. The summed E-state index contributed by atoms with van der Waals surface area (Å²) in [7, 11) is -2.96. The molecule has 0 bridgehead atoms. The largest absolute Gasteiger partial charge is 0.534 e. The van der Waals surface area contributed by atoms with Gasteiger partial charge in [-0.05, 0) is 0 Å². The van der Waals surface area contributed by atoms with Crippen molar-refractivity contribution in [2.45, 2.75) is 5.51 Å². The summed E-state index contributed by atoms with van der Waals surface area (Å²) in [5.41, 5.74) is -7.15. The molecule has 0 atom stereocenters. The lowest BCUT2D eigenvalue weighted by Crippen LogP contribution is -2.28. The second kappa shape index (κ2) is 6.48. The highest BCUT2D eigenvalue weighted by Gasteiger charge is 2.49. The molecule has 0 aliphatic carbocycles. The van der Waals surface area contributed by atoms with Crippen LogP contribution in [0.4, 0.5) is 13.2 Å². The topological polar surface area (TPSA) is 122 Å². The number of phenols is 1. The summed E-state index contributed by atoms with van der Waals surface area (Å²) < 4.78 is 83.8. The number of phenolic OH excluding ortho intramolecular Hbond substituents is 1. The van der Waals surface area contributed by atoms with E-state index in [4.69, 9.17) is 18.6 Å². The lowest BCUT2D eigenvalue weighted by molar-refractivity contribution is -0.0500. The highest BCUT2D eigenvalue weighted by molar-refractivity contribution is 7.88. The minimum Gasteiger partial charge on any atom is -0.504 e. The normalized spacial score (nSPS) is 12.1. The first kappa shape index (κ1) is 19.5. The van der Waals surface area contributed by atoms with Crippen molar-refractivity contribution >= 4 is 21.1 Å². The third-order valence-corrected chi connectivity index (χ3v) is 4.04. The Balaban J connectivity index is 2.92. The fourth-order valence-corrected chi connectivity index (χ4v) is 2.53. The molecular weight excluding hydrogens is 389 g/mol. The SMILES string of the molecule is COc1c(OC)c2c(OC)c(OS(=O)(=O)C(F)(F)F)c(O)cc2oc1=O. The molecule has 1 N–H and O–H groups in total. The summed E-state index contributed by atoms with van der Waals surface area (Å²) in [5, 5.41) is 9.56. The molecular formula is C13H11F3O9S. The number of halogens is 3. The maximum atomic E-state index is 12.6. The van der Waals surface area contributed by atoms with Crippen molar-refractivity contribution in [2.75, 3.05) is 21.3 Å². The highest BCUT2D eigenvalue weighted by atomic mass is 32.2. The average molecular weight is 400 g/mol. The van der Waals surface area contributed by atoms with Gasteiger partial charge in [0.25, 0.3) is 0 Å². The van der Waals surface area contributed by atoms with Crippen molar-refractivity contribution in [3.05, 3.63) is 16.5 Å². The Morgan fingerprint density at radius 3 is 1.96 bits per heavy atom. The first-order chi connectivity index (χ1) is 12.0. The van der Waals surface area contributed by atoms with Crippen LogP contribution in [0, 0.1) is 0 Å². The van der Waals surface area contributed by atoms with Gasteiger partial charge in [0.2, 0.25) is 11.5 Å². The summed E-state index contributed by atoms with van der Waals surface area (Å²) >= 11 is 0. The van der Waals surface area contributed by atoms with Crippen molar-refractivity contribution in [3.63, 3.8) is 0 Å². The molecule has 0 saturated carbocycles. The number of alkyl halides is 3. The Kier molecular flexibility index (Phi) is 4.86. The summed E-state index contributed by atoms with van der Waals surface area (Å²) in [6.45, 7) is 0. The van der Waals surface area contributed by atoms with Gasteiger partial charge >= 0.3 is 21.3 Å². The summed E-state index contributed by atoms with van der Waals surface area (Å²) in [6.07, 6.45) is 0. The maximum absolute atomic E-state index is 12.6. The lowest BCUT2D eigenvalue weighted by atomic mass is 10.1. The Bertz CT molecular complexity index is 1010. The Morgan fingerprint density at radius 2 is 1.50 bits per heavy atom. The van der Waals surface area contributed by atoms with E-state index in [0.717, 1.165) is 21.3 Å². The van der Waals surface area contributed by atoms with Gasteiger partial charge in [0.15, 0.2) is 17.2 Å². The van der Waals surface area contributed by atoms with Gasteiger partial charge in [0.1, 0.15) is 11.0 Å². The Labute approximate surface area is 143 Å². The fourth-order valence-electron chi connectivity index (χ4n) is 2.05. The van der Waals surface area contributed by atoms with E-state index >= 15 is 0 Å². The molecule has 1 aromatic carbocycles. The van der Waals surface area contributed by atoms with Crippen molar-refractivity contribution in [3.8, 4) is 28.7 Å². The molecule has 2 aromatic rings. The van der Waals surface area contributed by atoms with Crippen LogP contribution < -0.4 is 24.0 Å². The smallest absolute Gasteiger partial charge is 0.504 e. The molecule has 0 spiro atoms. The zero-order valence-electron chi connectivity index (χ0n) is 13.3. The van der Waals surface area contributed by atoms with Crippen LogP contribution in [0.25, 0.3) is 11.0 Å². The maximum Gasteiger partial charge on any atom is 0.534 e. The summed E-state index contributed by atoms with van der Waals surface area (Å²) in [6, 6.07) is 0.669. The van der Waals surface area contributed by atoms with Crippen molar-refractivity contribution in [1.29, 1.82) is 0 Å². The van der Waals surface area contributed by atoms with E-state index in [2.05, 4.69) is 4.18 Å². The standard InChI is InChI=1S/C13H11F3O9S/c1-21-9-7-6(24-12(18)11(23-3)10(7)22-2)4-5(17)8(9)25-26(19,20)13(14,15)16/h4,17H,1-3H3. The van der Waals surface area contributed by atoms with Gasteiger partial charge in [-0.1, -0.05) is 0 Å². The molecule has 0 saturated heterocycles. The first-order valence-electron chi connectivity index (χ1n) is 6.48. The molecule has 0 unspecified atom stereocenters. The van der Waals surface area contributed by atoms with Crippen LogP contribution in [-0.2, 0) is 10.1 Å². The number of fused-ring (bicyclic) bond motifs is 1. The molecule has 1 heterocycles. The lowest BCUT2D eigenvalue weighted by Gasteiger charge is -2.17. The molecule has 0 fully saturated rings. The Morgan fingerprint density at radius 1 is 1.00 bits per heavy atom. The van der Waals surface area contributed by atoms with Crippen LogP contribution in [0.1, 0.15) is 0 Å². The predicted molar refractivity (Wildman–Crippen MR) is 79.4 cm³/mol. The molecule has 13 heteroatoms. The molecule has 0 radical (unpaired) electrons. The number of hydrogen-bond acceptors (Lipinski definition) is 9. The number of hydrogen-bond donors (Lipinski definition) is 1. The summed E-state index contributed by atoms with van der Waals surface area (Å²) in [5.74, 6) is -3.74. The summed E-state index contributed by atoms with van der Waals surface area (Å²) in [4.78, 5) is 11.8. The van der Waals surface area contributed by atoms with Crippen LogP contribution in [0.2, 0.25) is 0 Å². The first-order valence-corrected chi connectivity index (χ1v) is 7.88. The molecule has 0 aliphatic rings. The van der Waals surface area contributed by atoms with Crippen molar-refractivity contribution in [1.82, 2.24) is 0 Å². The number of rotatable bonds is 5. The van der Waals surface area contributed by atoms with E-state index in [1.807, 2.05) is 0 Å². The van der Waals surface area contributed by atoms with E-state index in [1.165, 1.54) is 0 Å². The van der Waals surface area contributed by atoms with Crippen molar-refractivity contribution < 1.29 is 49.5 Å². The molecule has 1 aromatic heterocycles. The quantitative estimate of drug-likeness (QED) is 0.454. The van der Waals surface area contributed by atoms with Crippen LogP contribution in [-0.4, -0.2) is 40.4 Å². The van der Waals surface area contributed by atoms with Gasteiger partial charge in [0.05, 0.1) is 21.3 Å². The highest BCUT2D eigenvalue weighted by Crippen LogP contribution is 2.49. The predicted octanol–water partition coefficient (Wildman–Crippen LogP) is 1.75. The molecule has 2 rings (SSSR count). The van der Waals surface area contributed by atoms with Crippen LogP contribution in [0.5, 0.6) is 28.7 Å². The van der Waals surface area contributed by atoms with E-state index < -0.39 is 44.3 Å². The van der Waals surface area contributed by atoms with E-state index in [9.17, 15) is 31.5 Å². The number of methoxy groups -OCH3 is 3. The minimum absolute atomic E-state index is 0.295. The van der Waals surface area contributed by atoms with Crippen LogP contribution in [0.15, 0.2) is 15.3 Å². The zero-order valence-corrected chi connectivity index (χ0v) is 14.1. The van der Waals surface area contributed by atoms with Gasteiger partial charge in [-0.25, -0.2) is 4.79 Å². The van der Waals surface area contributed by atoms with Gasteiger partial charge in [-0.2, -0.15) is 21.6 Å². The van der Waals surface area contributed by atoms with E-state index in [0.29, 0.717) is 6.07 Å².